The number of terminal acetylenes is 1. The molecule has 1 spiro atoms. The number of alkyl halides is 3. The third-order valence-corrected chi connectivity index (χ3v) is 6.31. The lowest BCUT2D eigenvalue weighted by Gasteiger charge is -2.38. The molecule has 2 aromatic carbocycles. The number of ether oxygens (including phenoxy) is 1. The van der Waals surface area contributed by atoms with Gasteiger partial charge in [0.2, 0.25) is 5.91 Å². The van der Waals surface area contributed by atoms with Crippen LogP contribution in [0.15, 0.2) is 71.2 Å². The standard InChI is InChI=1S/C25H15F3N4O3/c1-2-10-31-18-9-4-3-8-16(18)24(23(31)34)17(12-29)21(30)32(19-13-35-22(33)20(19)24)15-7-5-6-14(11-15)25(26,27)28/h1,3-9,11H,10,13,30H2. The van der Waals surface area contributed by atoms with E-state index in [4.69, 9.17) is 16.9 Å². The molecular weight excluding hydrogens is 461 g/mol. The van der Waals surface area contributed by atoms with Gasteiger partial charge < -0.3 is 10.5 Å². The molecule has 174 valence electrons. The van der Waals surface area contributed by atoms with Gasteiger partial charge in [-0.15, -0.1) is 6.42 Å². The average Bonchev–Trinajstić information content (AvgIpc) is 3.32. The van der Waals surface area contributed by atoms with Crippen LogP contribution in [0.4, 0.5) is 24.5 Å². The zero-order valence-corrected chi connectivity index (χ0v) is 17.9. The van der Waals surface area contributed by atoms with Gasteiger partial charge in [0.15, 0.2) is 0 Å². The van der Waals surface area contributed by atoms with E-state index in [0.717, 1.165) is 12.1 Å². The molecule has 0 aromatic heterocycles. The highest BCUT2D eigenvalue weighted by Gasteiger charge is 2.63. The normalized spacial score (nSPS) is 21.2. The molecule has 1 unspecified atom stereocenters. The fourth-order valence-electron chi connectivity index (χ4n) is 4.96. The van der Waals surface area contributed by atoms with E-state index in [-0.39, 0.29) is 41.5 Å². The maximum atomic E-state index is 13.9. The molecule has 7 nitrogen and oxygen atoms in total. The molecule has 3 heterocycles. The maximum absolute atomic E-state index is 13.9. The number of para-hydroxylation sites is 1. The van der Waals surface area contributed by atoms with Gasteiger partial charge in [-0.05, 0) is 24.3 Å². The van der Waals surface area contributed by atoms with Gasteiger partial charge in [0, 0.05) is 16.9 Å². The summed E-state index contributed by atoms with van der Waals surface area (Å²) in [5, 5.41) is 10.2. The predicted octanol–water partition coefficient (Wildman–Crippen LogP) is 2.95. The third-order valence-electron chi connectivity index (χ3n) is 6.31. The first-order valence-corrected chi connectivity index (χ1v) is 10.3. The van der Waals surface area contributed by atoms with Crippen LogP contribution in [0.5, 0.6) is 0 Å². The van der Waals surface area contributed by atoms with Crippen molar-refractivity contribution >= 4 is 23.3 Å². The maximum Gasteiger partial charge on any atom is 0.416 e. The summed E-state index contributed by atoms with van der Waals surface area (Å²) < 4.78 is 45.5. The summed E-state index contributed by atoms with van der Waals surface area (Å²) in [7, 11) is 0. The fourth-order valence-corrected chi connectivity index (χ4v) is 4.96. The summed E-state index contributed by atoms with van der Waals surface area (Å²) in [6, 6.07) is 12.8. The molecule has 5 rings (SSSR count). The van der Waals surface area contributed by atoms with E-state index in [0.29, 0.717) is 11.3 Å². The molecule has 3 aliphatic rings. The number of nitrogens with zero attached hydrogens (tertiary/aromatic N) is 3. The summed E-state index contributed by atoms with van der Waals surface area (Å²) in [5.41, 5.74) is 3.81. The number of carbonyl (C=O) groups excluding carboxylic acids is 2. The highest BCUT2D eigenvalue weighted by molar-refractivity contribution is 6.20. The molecule has 0 bridgehead atoms. The number of halogens is 3. The highest BCUT2D eigenvalue weighted by Crippen LogP contribution is 2.56. The molecule has 0 saturated heterocycles. The van der Waals surface area contributed by atoms with E-state index in [1.54, 1.807) is 24.3 Å². The minimum absolute atomic E-state index is 0.0371. The van der Waals surface area contributed by atoms with Crippen molar-refractivity contribution in [3.8, 4) is 18.4 Å². The van der Waals surface area contributed by atoms with E-state index in [2.05, 4.69) is 5.92 Å². The first kappa shape index (κ1) is 22.1. The number of amides is 1. The average molecular weight is 476 g/mol. The lowest BCUT2D eigenvalue weighted by Crippen LogP contribution is -2.50. The van der Waals surface area contributed by atoms with Crippen LogP contribution < -0.4 is 15.5 Å². The van der Waals surface area contributed by atoms with Crippen LogP contribution >= 0.6 is 0 Å². The number of rotatable bonds is 2. The van der Waals surface area contributed by atoms with Crippen molar-refractivity contribution in [3.05, 3.63) is 82.3 Å². The second kappa shape index (κ2) is 7.40. The lowest BCUT2D eigenvalue weighted by molar-refractivity contribution is -0.138. The predicted molar refractivity (Wildman–Crippen MR) is 118 cm³/mol. The van der Waals surface area contributed by atoms with E-state index >= 15 is 0 Å². The number of anilines is 2. The number of hydrogen-bond donors (Lipinski definition) is 1. The minimum Gasteiger partial charge on any atom is -0.456 e. The van der Waals surface area contributed by atoms with Crippen LogP contribution in [-0.4, -0.2) is 25.0 Å². The summed E-state index contributed by atoms with van der Waals surface area (Å²) in [4.78, 5) is 29.5. The van der Waals surface area contributed by atoms with Gasteiger partial charge in [-0.2, -0.15) is 18.4 Å². The molecule has 0 aliphatic carbocycles. The Hall–Kier alpha value is -4.70. The van der Waals surface area contributed by atoms with Crippen LogP contribution in [0.3, 0.4) is 0 Å². The van der Waals surface area contributed by atoms with Crippen LogP contribution in [0.25, 0.3) is 0 Å². The van der Waals surface area contributed by atoms with Gasteiger partial charge in [-0.25, -0.2) is 4.79 Å². The molecule has 35 heavy (non-hydrogen) atoms. The lowest BCUT2D eigenvalue weighted by atomic mass is 9.67. The Balaban J connectivity index is 1.83. The molecule has 2 N–H and O–H groups in total. The van der Waals surface area contributed by atoms with Crippen molar-refractivity contribution < 1.29 is 27.5 Å². The van der Waals surface area contributed by atoms with E-state index < -0.39 is 29.0 Å². The molecule has 1 atom stereocenters. The van der Waals surface area contributed by atoms with E-state index in [1.807, 2.05) is 6.07 Å². The number of esters is 1. The van der Waals surface area contributed by atoms with Gasteiger partial charge >= 0.3 is 12.1 Å². The number of cyclic esters (lactones) is 1. The molecular formula is C25H15F3N4O3. The Bertz CT molecular complexity index is 1460. The van der Waals surface area contributed by atoms with Crippen molar-refractivity contribution in [2.75, 3.05) is 23.0 Å². The fraction of sp³-hybridized carbons (Fsp3) is 0.160. The quantitative estimate of drug-likeness (QED) is 0.529. The van der Waals surface area contributed by atoms with E-state index in [9.17, 15) is 28.0 Å². The van der Waals surface area contributed by atoms with E-state index in [1.165, 1.54) is 21.9 Å². The number of carbonyl (C=O) groups is 2. The second-order valence-corrected chi connectivity index (χ2v) is 8.02. The largest absolute Gasteiger partial charge is 0.456 e. The number of nitriles is 1. The zero-order chi connectivity index (χ0) is 25.1. The SMILES string of the molecule is C#CCN1C(=O)C2(C(C#N)=C(N)N(c3cccc(C(F)(F)F)c3)C3=C2C(=O)OC3)c2ccccc21. The molecule has 1 amide bonds. The first-order chi connectivity index (χ1) is 16.7. The third kappa shape index (κ3) is 2.80. The van der Waals surface area contributed by atoms with Gasteiger partial charge in [-0.3, -0.25) is 14.6 Å². The summed E-state index contributed by atoms with van der Waals surface area (Å²) >= 11 is 0. The number of fused-ring (bicyclic) bond motifs is 3. The Morgan fingerprint density at radius 1 is 1.17 bits per heavy atom. The topological polar surface area (TPSA) is 99.7 Å². The van der Waals surface area contributed by atoms with Crippen LogP contribution in [0, 0.1) is 23.7 Å². The number of nitrogens with two attached hydrogens (primary N) is 1. The van der Waals surface area contributed by atoms with Crippen molar-refractivity contribution in [3.63, 3.8) is 0 Å². The Morgan fingerprint density at radius 3 is 2.60 bits per heavy atom. The first-order valence-electron chi connectivity index (χ1n) is 10.3. The second-order valence-electron chi connectivity index (χ2n) is 8.02. The monoisotopic (exact) mass is 476 g/mol. The molecule has 2 aromatic rings. The molecule has 0 radical (unpaired) electrons. The van der Waals surface area contributed by atoms with Crippen molar-refractivity contribution in [1.82, 2.24) is 0 Å². The molecule has 0 fully saturated rings. The Labute approximate surface area is 197 Å². The molecule has 0 saturated carbocycles. The smallest absolute Gasteiger partial charge is 0.416 e. The molecule has 3 aliphatic heterocycles. The van der Waals surface area contributed by atoms with Crippen molar-refractivity contribution in [2.24, 2.45) is 5.73 Å². The number of benzene rings is 2. The van der Waals surface area contributed by atoms with Gasteiger partial charge in [0.05, 0.1) is 29.0 Å². The van der Waals surface area contributed by atoms with Crippen molar-refractivity contribution in [1.29, 1.82) is 5.26 Å². The Kier molecular flexibility index (Phi) is 4.68. The van der Waals surface area contributed by atoms with Crippen LogP contribution in [0.2, 0.25) is 0 Å². The van der Waals surface area contributed by atoms with Crippen LogP contribution in [0.1, 0.15) is 11.1 Å². The van der Waals surface area contributed by atoms with Crippen LogP contribution in [-0.2, 0) is 25.9 Å². The zero-order valence-electron chi connectivity index (χ0n) is 17.9. The Morgan fingerprint density at radius 2 is 1.91 bits per heavy atom. The van der Waals surface area contributed by atoms with Gasteiger partial charge in [-0.1, -0.05) is 30.2 Å². The summed E-state index contributed by atoms with van der Waals surface area (Å²) in [6.07, 6.45) is 0.832. The van der Waals surface area contributed by atoms with Gasteiger partial charge in [0.1, 0.15) is 23.9 Å². The minimum atomic E-state index is -4.64. The summed E-state index contributed by atoms with van der Waals surface area (Å²) in [6.45, 7) is -0.485. The number of hydrogen-bond acceptors (Lipinski definition) is 6. The molecule has 10 heteroatoms. The highest BCUT2D eigenvalue weighted by atomic mass is 19.4. The van der Waals surface area contributed by atoms with Gasteiger partial charge in [0.25, 0.3) is 0 Å². The van der Waals surface area contributed by atoms with Crippen molar-refractivity contribution in [2.45, 2.75) is 11.6 Å². The summed E-state index contributed by atoms with van der Waals surface area (Å²) in [5.74, 6) is 0.583.